The second-order valence-electron chi connectivity index (χ2n) is 9.64. The monoisotopic (exact) mass is 502 g/mol. The average Bonchev–Trinajstić information content (AvgIpc) is 2.84. The van der Waals surface area contributed by atoms with Crippen LogP contribution >= 0.6 is 0 Å². The van der Waals surface area contributed by atoms with Crippen LogP contribution in [0.5, 0.6) is 0 Å². The molecule has 1 fully saturated rings. The first-order valence-corrected chi connectivity index (χ1v) is 12.5. The zero-order chi connectivity index (χ0) is 25.8. The highest BCUT2D eigenvalue weighted by molar-refractivity contribution is 5.85. The van der Waals surface area contributed by atoms with E-state index in [1.807, 2.05) is 0 Å². The maximum atomic E-state index is 14.8. The van der Waals surface area contributed by atoms with Gasteiger partial charge in [0.2, 0.25) is 0 Å². The molecule has 0 N–H and O–H groups in total. The van der Waals surface area contributed by atoms with Crippen LogP contribution in [0.3, 0.4) is 0 Å². The van der Waals surface area contributed by atoms with Gasteiger partial charge >= 0.3 is 0 Å². The Balaban J connectivity index is 1.42. The highest BCUT2D eigenvalue weighted by Gasteiger charge is 2.26. The van der Waals surface area contributed by atoms with Gasteiger partial charge in [0.1, 0.15) is 17.5 Å². The first kappa shape index (κ1) is 26.1. The average molecular weight is 503 g/mol. The number of hydrogen-bond acceptors (Lipinski definition) is 0. The van der Waals surface area contributed by atoms with E-state index in [2.05, 4.69) is 18.8 Å². The van der Waals surface area contributed by atoms with Gasteiger partial charge in [0, 0.05) is 17.0 Å². The zero-order valence-corrected chi connectivity index (χ0v) is 20.2. The molecular weight excluding hydrogens is 474 g/mol. The Hall–Kier alpha value is -2.94. The molecule has 0 unspecified atom stereocenters. The normalized spacial score (nSPS) is 17.8. The number of fused-ring (bicyclic) bond motifs is 1. The van der Waals surface area contributed by atoms with E-state index in [9.17, 15) is 26.3 Å². The Bertz CT molecular complexity index is 1290. The van der Waals surface area contributed by atoms with Crippen molar-refractivity contribution < 1.29 is 26.3 Å². The van der Waals surface area contributed by atoms with Gasteiger partial charge in [-0.2, -0.15) is 0 Å². The molecule has 1 aliphatic rings. The van der Waals surface area contributed by atoms with Crippen LogP contribution in [0.4, 0.5) is 26.3 Å². The van der Waals surface area contributed by atoms with Crippen LogP contribution in [0.25, 0.3) is 10.8 Å². The summed E-state index contributed by atoms with van der Waals surface area (Å²) in [6, 6.07) is 5.98. The predicted molar refractivity (Wildman–Crippen MR) is 130 cm³/mol. The van der Waals surface area contributed by atoms with Gasteiger partial charge in [-0.15, -0.1) is 0 Å². The van der Waals surface area contributed by atoms with Gasteiger partial charge in [0.25, 0.3) is 0 Å². The lowest BCUT2D eigenvalue weighted by molar-refractivity contribution is 0.366. The minimum absolute atomic E-state index is 0.0503. The molecule has 36 heavy (non-hydrogen) atoms. The molecular formula is C30H28F6. The largest absolute Gasteiger partial charge is 0.207 e. The number of aryl methyl sites for hydroxylation is 1. The summed E-state index contributed by atoms with van der Waals surface area (Å²) >= 11 is 0. The van der Waals surface area contributed by atoms with Gasteiger partial charge in [-0.1, -0.05) is 38.0 Å². The van der Waals surface area contributed by atoms with E-state index < -0.39 is 40.3 Å². The van der Waals surface area contributed by atoms with E-state index in [4.69, 9.17) is 0 Å². The van der Waals surface area contributed by atoms with Crippen LogP contribution in [0.2, 0.25) is 0 Å². The lowest BCUT2D eigenvalue weighted by Crippen LogP contribution is -2.15. The Morgan fingerprint density at radius 2 is 1.42 bits per heavy atom. The highest BCUT2D eigenvalue weighted by atomic mass is 19.2. The standard InChI is InChI=1S/C30H28F6/c1-2-3-4-5-6-19-14-23(31)27(24(32)15-19)21-11-9-18(10-12-21)7-8-20-13-22-17-26(34)29(35)30(36)28(22)25(33)16-20/h13-18,21H,2-6,9-12H2,1H3. The molecule has 0 spiro atoms. The molecule has 0 saturated heterocycles. The molecule has 4 rings (SSSR count). The third-order valence-electron chi connectivity index (χ3n) is 7.04. The van der Waals surface area contributed by atoms with E-state index >= 15 is 0 Å². The van der Waals surface area contributed by atoms with Crippen LogP contribution < -0.4 is 0 Å². The van der Waals surface area contributed by atoms with Crippen molar-refractivity contribution in [2.24, 2.45) is 5.92 Å². The van der Waals surface area contributed by atoms with Crippen molar-refractivity contribution >= 4 is 10.8 Å². The molecule has 0 radical (unpaired) electrons. The second-order valence-corrected chi connectivity index (χ2v) is 9.64. The van der Waals surface area contributed by atoms with E-state index in [0.29, 0.717) is 37.7 Å². The van der Waals surface area contributed by atoms with Crippen molar-refractivity contribution in [1.29, 1.82) is 0 Å². The van der Waals surface area contributed by atoms with Gasteiger partial charge in [0.15, 0.2) is 17.5 Å². The summed E-state index contributed by atoms with van der Waals surface area (Å²) in [4.78, 5) is 0. The summed E-state index contributed by atoms with van der Waals surface area (Å²) < 4.78 is 84.9. The maximum Gasteiger partial charge on any atom is 0.195 e. The van der Waals surface area contributed by atoms with Crippen LogP contribution in [-0.4, -0.2) is 0 Å². The summed E-state index contributed by atoms with van der Waals surface area (Å²) in [5.74, 6) is -1.06. The fourth-order valence-corrected chi connectivity index (χ4v) is 5.10. The van der Waals surface area contributed by atoms with Crippen LogP contribution in [0.1, 0.15) is 80.9 Å². The molecule has 0 heterocycles. The molecule has 1 saturated carbocycles. The lowest BCUT2D eigenvalue weighted by Gasteiger charge is -2.26. The number of hydrogen-bond donors (Lipinski definition) is 0. The van der Waals surface area contributed by atoms with Gasteiger partial charge in [0.05, 0.1) is 5.39 Å². The topological polar surface area (TPSA) is 0 Å². The van der Waals surface area contributed by atoms with Crippen molar-refractivity contribution in [1.82, 2.24) is 0 Å². The molecule has 0 aromatic heterocycles. The summed E-state index contributed by atoms with van der Waals surface area (Å²) in [6.07, 6.45) is 7.24. The number of benzene rings is 3. The van der Waals surface area contributed by atoms with Gasteiger partial charge in [-0.25, -0.2) is 26.3 Å². The predicted octanol–water partition coefficient (Wildman–Crippen LogP) is 9.12. The third kappa shape index (κ3) is 5.72. The van der Waals surface area contributed by atoms with Gasteiger partial charge < -0.3 is 0 Å². The molecule has 190 valence electrons. The molecule has 3 aromatic carbocycles. The lowest BCUT2D eigenvalue weighted by atomic mass is 9.78. The smallest absolute Gasteiger partial charge is 0.195 e. The zero-order valence-electron chi connectivity index (χ0n) is 20.2. The van der Waals surface area contributed by atoms with Crippen LogP contribution in [0, 0.1) is 52.7 Å². The summed E-state index contributed by atoms with van der Waals surface area (Å²) in [7, 11) is 0. The van der Waals surface area contributed by atoms with Crippen molar-refractivity contribution in [2.75, 3.05) is 0 Å². The van der Waals surface area contributed by atoms with E-state index in [0.717, 1.165) is 37.8 Å². The maximum absolute atomic E-state index is 14.8. The van der Waals surface area contributed by atoms with Gasteiger partial charge in [-0.3, -0.25) is 0 Å². The van der Waals surface area contributed by atoms with Gasteiger partial charge in [-0.05, 0) is 85.7 Å². The van der Waals surface area contributed by atoms with Crippen molar-refractivity contribution in [3.63, 3.8) is 0 Å². The Labute approximate surface area is 207 Å². The number of unbranched alkanes of at least 4 members (excludes halogenated alkanes) is 3. The summed E-state index contributed by atoms with van der Waals surface area (Å²) in [5.41, 5.74) is 1.06. The molecule has 0 amide bonds. The quantitative estimate of drug-likeness (QED) is 0.136. The third-order valence-corrected chi connectivity index (χ3v) is 7.04. The molecule has 6 heteroatoms. The molecule has 0 aliphatic heterocycles. The first-order chi connectivity index (χ1) is 17.3. The van der Waals surface area contributed by atoms with Crippen molar-refractivity contribution in [3.05, 3.63) is 81.9 Å². The van der Waals surface area contributed by atoms with Crippen LogP contribution in [0.15, 0.2) is 30.3 Å². The molecule has 1 aliphatic carbocycles. The van der Waals surface area contributed by atoms with E-state index in [1.54, 1.807) is 0 Å². The van der Waals surface area contributed by atoms with Crippen molar-refractivity contribution in [2.45, 2.75) is 70.6 Å². The minimum Gasteiger partial charge on any atom is -0.207 e. The van der Waals surface area contributed by atoms with E-state index in [-0.39, 0.29) is 28.3 Å². The molecule has 0 nitrogen and oxygen atoms in total. The van der Waals surface area contributed by atoms with Crippen molar-refractivity contribution in [3.8, 4) is 11.8 Å². The second kappa shape index (κ2) is 11.4. The minimum atomic E-state index is -1.72. The number of rotatable bonds is 6. The molecule has 0 atom stereocenters. The highest BCUT2D eigenvalue weighted by Crippen LogP contribution is 2.38. The summed E-state index contributed by atoms with van der Waals surface area (Å²) in [6.45, 7) is 2.12. The SMILES string of the molecule is CCCCCCc1cc(F)c(C2CCC(C#Cc3cc(F)c4c(F)c(F)c(F)cc4c3)CC2)c(F)c1. The molecule has 3 aromatic rings. The Morgan fingerprint density at radius 1 is 0.722 bits per heavy atom. The Kier molecular flexibility index (Phi) is 8.28. The van der Waals surface area contributed by atoms with E-state index in [1.165, 1.54) is 18.2 Å². The fourth-order valence-electron chi connectivity index (χ4n) is 5.10. The van der Waals surface area contributed by atoms with Crippen LogP contribution in [-0.2, 0) is 6.42 Å². The Morgan fingerprint density at radius 3 is 2.08 bits per heavy atom. The number of halogens is 6. The molecule has 0 bridgehead atoms. The summed E-state index contributed by atoms with van der Waals surface area (Å²) in [5, 5.41) is -0.727. The fraction of sp³-hybridized carbons (Fsp3) is 0.400. The first-order valence-electron chi connectivity index (χ1n) is 12.5.